The molecule has 0 radical (unpaired) electrons. The van der Waals surface area contributed by atoms with Crippen molar-refractivity contribution in [3.63, 3.8) is 0 Å². The highest BCUT2D eigenvalue weighted by Crippen LogP contribution is 2.33. The molecule has 0 bridgehead atoms. The first kappa shape index (κ1) is 24.5. The van der Waals surface area contributed by atoms with Crippen LogP contribution in [0, 0.1) is 11.6 Å². The Bertz CT molecular complexity index is 1660. The summed E-state index contributed by atoms with van der Waals surface area (Å²) in [5, 5.41) is 5.47. The average molecular weight is 514 g/mol. The van der Waals surface area contributed by atoms with E-state index in [1.807, 2.05) is 18.2 Å². The molecule has 2 aromatic heterocycles. The minimum atomic E-state index is -1.03. The molecule has 0 fully saturated rings. The van der Waals surface area contributed by atoms with E-state index in [9.17, 15) is 23.2 Å². The summed E-state index contributed by atoms with van der Waals surface area (Å²) < 4.78 is 27.8. The van der Waals surface area contributed by atoms with Gasteiger partial charge in [-0.1, -0.05) is 30.4 Å². The zero-order valence-corrected chi connectivity index (χ0v) is 19.7. The number of H-pyrrole nitrogens is 1. The van der Waals surface area contributed by atoms with E-state index in [1.165, 1.54) is 18.7 Å². The van der Waals surface area contributed by atoms with Crippen LogP contribution < -0.4 is 16.2 Å². The quantitative estimate of drug-likeness (QED) is 0.327. The highest BCUT2D eigenvalue weighted by atomic mass is 19.2. The normalized spacial score (nSPS) is 13.6. The SMILES string of the molecule is O=C1Nc2cc(C=CCNC(=O)c3cncn(Cc4ccc(F)c(F)c4)c3=O)ccc2C1=Cc1cnc[nH]1. The number of hydrogen-bond donors (Lipinski definition) is 3. The van der Waals surface area contributed by atoms with Crippen molar-refractivity contribution in [2.45, 2.75) is 6.54 Å². The van der Waals surface area contributed by atoms with E-state index in [2.05, 4.69) is 25.6 Å². The fourth-order valence-electron chi connectivity index (χ4n) is 3.96. The summed E-state index contributed by atoms with van der Waals surface area (Å²) in [5.74, 6) is -2.85. The number of anilines is 1. The third-order valence-electron chi connectivity index (χ3n) is 5.82. The van der Waals surface area contributed by atoms with Gasteiger partial charge in [0.25, 0.3) is 17.4 Å². The minimum Gasteiger partial charge on any atom is -0.348 e. The standard InChI is InChI=1S/C27H20F2N6O3/c28-22-6-4-17(8-23(22)29)13-35-15-31-12-21(27(35)38)25(36)32-7-1-2-16-3-5-19-20(10-18-11-30-14-33-18)26(37)34-24(19)9-16/h1-6,8-12,14-15H,7,13H2,(H,30,33)(H,32,36)(H,34,37). The number of carbonyl (C=O) groups is 2. The zero-order chi connectivity index (χ0) is 26.6. The summed E-state index contributed by atoms with van der Waals surface area (Å²) in [6, 6.07) is 8.80. The van der Waals surface area contributed by atoms with Crippen LogP contribution in [0.1, 0.15) is 32.7 Å². The van der Waals surface area contributed by atoms with Crippen LogP contribution in [0.5, 0.6) is 0 Å². The molecule has 0 unspecified atom stereocenters. The predicted octanol–water partition coefficient (Wildman–Crippen LogP) is 3.23. The van der Waals surface area contributed by atoms with Crippen molar-refractivity contribution >= 4 is 35.2 Å². The van der Waals surface area contributed by atoms with Crippen molar-refractivity contribution in [3.05, 3.63) is 117 Å². The monoisotopic (exact) mass is 514 g/mol. The van der Waals surface area contributed by atoms with E-state index < -0.39 is 23.1 Å². The predicted molar refractivity (Wildman–Crippen MR) is 137 cm³/mol. The molecule has 1 aliphatic rings. The Kier molecular flexibility index (Phi) is 6.72. The van der Waals surface area contributed by atoms with Gasteiger partial charge in [0, 0.05) is 24.0 Å². The Labute approximate surface area is 214 Å². The lowest BCUT2D eigenvalue weighted by atomic mass is 10.0. The highest BCUT2D eigenvalue weighted by molar-refractivity contribution is 6.34. The van der Waals surface area contributed by atoms with Crippen LogP contribution in [0.15, 0.2) is 72.3 Å². The van der Waals surface area contributed by atoms with E-state index >= 15 is 0 Å². The summed E-state index contributed by atoms with van der Waals surface area (Å²) in [7, 11) is 0. The summed E-state index contributed by atoms with van der Waals surface area (Å²) in [6.07, 6.45) is 10.7. The Hall–Kier alpha value is -5.19. The van der Waals surface area contributed by atoms with E-state index in [0.717, 1.165) is 34.0 Å². The summed E-state index contributed by atoms with van der Waals surface area (Å²) in [6.45, 7) is 0.0580. The van der Waals surface area contributed by atoms with E-state index in [0.29, 0.717) is 22.5 Å². The molecule has 0 saturated carbocycles. The highest BCUT2D eigenvalue weighted by Gasteiger charge is 2.24. The number of nitrogens with zero attached hydrogens (tertiary/aromatic N) is 3. The van der Waals surface area contributed by atoms with Crippen LogP contribution in [0.25, 0.3) is 17.7 Å². The van der Waals surface area contributed by atoms with Crippen molar-refractivity contribution in [3.8, 4) is 0 Å². The lowest BCUT2D eigenvalue weighted by Crippen LogP contribution is -2.33. The maximum absolute atomic E-state index is 13.5. The lowest BCUT2D eigenvalue weighted by Gasteiger charge is -2.08. The molecule has 4 aromatic rings. The molecule has 2 amide bonds. The second-order valence-corrected chi connectivity index (χ2v) is 8.43. The molecule has 0 aliphatic carbocycles. The molecule has 3 heterocycles. The van der Waals surface area contributed by atoms with Crippen LogP contribution in [0.3, 0.4) is 0 Å². The van der Waals surface area contributed by atoms with Crippen LogP contribution >= 0.6 is 0 Å². The van der Waals surface area contributed by atoms with Gasteiger partial charge in [-0.05, 0) is 35.4 Å². The second-order valence-electron chi connectivity index (χ2n) is 8.43. The molecular formula is C27H20F2N6O3. The molecule has 9 nitrogen and oxygen atoms in total. The van der Waals surface area contributed by atoms with E-state index in [1.54, 1.807) is 24.4 Å². The first-order valence-electron chi connectivity index (χ1n) is 11.5. The third kappa shape index (κ3) is 5.16. The molecule has 0 atom stereocenters. The summed E-state index contributed by atoms with van der Waals surface area (Å²) in [5.41, 5.74) is 3.04. The molecule has 3 N–H and O–H groups in total. The number of amides is 2. The number of aromatic amines is 1. The first-order chi connectivity index (χ1) is 18.4. The van der Waals surface area contributed by atoms with Gasteiger partial charge in [0.1, 0.15) is 5.56 Å². The van der Waals surface area contributed by atoms with Crippen LogP contribution in [0.2, 0.25) is 0 Å². The van der Waals surface area contributed by atoms with Crippen molar-refractivity contribution in [1.29, 1.82) is 0 Å². The number of rotatable bonds is 7. The number of hydrogen-bond acceptors (Lipinski definition) is 5. The maximum atomic E-state index is 13.5. The molecule has 0 spiro atoms. The van der Waals surface area contributed by atoms with Gasteiger partial charge in [-0.2, -0.15) is 0 Å². The van der Waals surface area contributed by atoms with Gasteiger partial charge in [0.15, 0.2) is 11.6 Å². The number of halogens is 2. The van der Waals surface area contributed by atoms with Crippen molar-refractivity contribution in [2.24, 2.45) is 0 Å². The minimum absolute atomic E-state index is 0.0717. The van der Waals surface area contributed by atoms with Crippen LogP contribution in [0.4, 0.5) is 14.5 Å². The fourth-order valence-corrected chi connectivity index (χ4v) is 3.96. The summed E-state index contributed by atoms with van der Waals surface area (Å²) >= 11 is 0. The molecule has 11 heteroatoms. The van der Waals surface area contributed by atoms with Gasteiger partial charge < -0.3 is 15.6 Å². The Morgan fingerprint density at radius 3 is 2.71 bits per heavy atom. The van der Waals surface area contributed by atoms with Gasteiger partial charge in [0.05, 0.1) is 36.7 Å². The molecule has 190 valence electrons. The van der Waals surface area contributed by atoms with Crippen molar-refractivity contribution in [2.75, 3.05) is 11.9 Å². The third-order valence-corrected chi connectivity index (χ3v) is 5.82. The van der Waals surface area contributed by atoms with Gasteiger partial charge in [-0.15, -0.1) is 0 Å². The number of nitrogens with one attached hydrogen (secondary N) is 3. The number of aromatic nitrogens is 4. The molecule has 2 aromatic carbocycles. The zero-order valence-electron chi connectivity index (χ0n) is 19.7. The molecule has 5 rings (SSSR count). The number of imidazole rings is 1. The van der Waals surface area contributed by atoms with Crippen LogP contribution in [-0.2, 0) is 11.3 Å². The van der Waals surface area contributed by atoms with Crippen LogP contribution in [-0.4, -0.2) is 37.9 Å². The van der Waals surface area contributed by atoms with Gasteiger partial charge in [-0.3, -0.25) is 19.0 Å². The maximum Gasteiger partial charge on any atom is 0.266 e. The van der Waals surface area contributed by atoms with Crippen molar-refractivity contribution < 1.29 is 18.4 Å². The van der Waals surface area contributed by atoms with E-state index in [4.69, 9.17) is 0 Å². The molecule has 0 saturated heterocycles. The number of carbonyl (C=O) groups excluding carboxylic acids is 2. The second kappa shape index (κ2) is 10.4. The first-order valence-corrected chi connectivity index (χ1v) is 11.5. The smallest absolute Gasteiger partial charge is 0.266 e. The molecular weight excluding hydrogens is 494 g/mol. The number of fused-ring (bicyclic) bond motifs is 1. The summed E-state index contributed by atoms with van der Waals surface area (Å²) in [4.78, 5) is 48.5. The molecule has 1 aliphatic heterocycles. The van der Waals surface area contributed by atoms with Gasteiger partial charge in [0.2, 0.25) is 0 Å². The average Bonchev–Trinajstić information content (AvgIpc) is 3.53. The lowest BCUT2D eigenvalue weighted by molar-refractivity contribution is -0.110. The Morgan fingerprint density at radius 2 is 1.92 bits per heavy atom. The largest absolute Gasteiger partial charge is 0.348 e. The van der Waals surface area contributed by atoms with Crippen molar-refractivity contribution in [1.82, 2.24) is 24.8 Å². The number of benzene rings is 2. The molecule has 38 heavy (non-hydrogen) atoms. The fraction of sp³-hybridized carbons (Fsp3) is 0.0741. The van der Waals surface area contributed by atoms with E-state index in [-0.39, 0.29) is 24.6 Å². The topological polar surface area (TPSA) is 122 Å². The van der Waals surface area contributed by atoms with Gasteiger partial charge in [-0.25, -0.2) is 18.7 Å². The van der Waals surface area contributed by atoms with Gasteiger partial charge >= 0.3 is 0 Å². The Balaban J connectivity index is 1.22. The Morgan fingerprint density at radius 1 is 1.05 bits per heavy atom.